The van der Waals surface area contributed by atoms with Crippen LogP contribution in [0.15, 0.2) is 83.4 Å². The quantitative estimate of drug-likeness (QED) is 0.341. The maximum Gasteiger partial charge on any atom is 0.165 e. The minimum absolute atomic E-state index is 0.00995. The molecule has 0 unspecified atom stereocenters. The second-order valence-corrected chi connectivity index (χ2v) is 13.0. The van der Waals surface area contributed by atoms with E-state index in [4.69, 9.17) is 14.2 Å². The van der Waals surface area contributed by atoms with Crippen LogP contribution in [-0.2, 0) is 16.6 Å². The van der Waals surface area contributed by atoms with Crippen molar-refractivity contribution in [3.63, 3.8) is 0 Å². The Hall–Kier alpha value is -2.68. The van der Waals surface area contributed by atoms with E-state index in [1.165, 1.54) is 22.3 Å². The molecule has 0 radical (unpaired) electrons. The summed E-state index contributed by atoms with van der Waals surface area (Å²) >= 11 is 3.48. The first-order valence-corrected chi connectivity index (χ1v) is 15.6. The molecule has 42 heavy (non-hydrogen) atoms. The number of likely N-dealkylation sites (tertiary alicyclic amines) is 1. The number of aliphatic hydroxyl groups is 1. The van der Waals surface area contributed by atoms with Crippen LogP contribution >= 0.6 is 15.9 Å². The fourth-order valence-corrected chi connectivity index (χ4v) is 7.66. The Morgan fingerprint density at radius 3 is 2.50 bits per heavy atom. The van der Waals surface area contributed by atoms with Gasteiger partial charge in [0.1, 0.15) is 18.3 Å². The molecule has 2 aliphatic carbocycles. The number of benzene rings is 3. The van der Waals surface area contributed by atoms with Crippen molar-refractivity contribution in [2.24, 2.45) is 5.92 Å². The molecule has 1 fully saturated rings. The molecular weight excluding hydrogens is 592 g/mol. The van der Waals surface area contributed by atoms with Crippen molar-refractivity contribution in [3.8, 4) is 11.5 Å². The predicted molar refractivity (Wildman–Crippen MR) is 169 cm³/mol. The van der Waals surface area contributed by atoms with E-state index in [-0.39, 0.29) is 17.6 Å². The number of likely N-dealkylation sites (N-methyl/N-ethyl adjacent to an activating group) is 2. The van der Waals surface area contributed by atoms with Gasteiger partial charge in [-0.25, -0.2) is 0 Å². The Labute approximate surface area is 258 Å². The molecule has 7 heteroatoms. The highest BCUT2D eigenvalue weighted by atomic mass is 79.9. The second kappa shape index (κ2) is 12.1. The summed E-state index contributed by atoms with van der Waals surface area (Å²) in [4.78, 5) is 4.60. The summed E-state index contributed by atoms with van der Waals surface area (Å²) in [6.07, 6.45) is 5.53. The van der Waals surface area contributed by atoms with Gasteiger partial charge in [0.2, 0.25) is 0 Å². The SMILES string of the molecule is CN(C)CCO[C@H](c1ccccc1)c1ccc(Br)cc1.COc1ccc2c3c1O[C@H]1[C@@H](O)C=C[C@H]4[C@@H](C2)N(C)CC[C@@]341. The monoisotopic (exact) mass is 632 g/mol. The fourth-order valence-electron chi connectivity index (χ4n) is 7.39. The Morgan fingerprint density at radius 1 is 1.05 bits per heavy atom. The highest BCUT2D eigenvalue weighted by Crippen LogP contribution is 2.62. The topological polar surface area (TPSA) is 54.4 Å². The molecule has 1 saturated heterocycles. The van der Waals surface area contributed by atoms with E-state index in [9.17, 15) is 5.11 Å². The minimum Gasteiger partial charge on any atom is -0.493 e. The largest absolute Gasteiger partial charge is 0.493 e. The molecule has 6 atom stereocenters. The highest BCUT2D eigenvalue weighted by Gasteiger charge is 2.64. The summed E-state index contributed by atoms with van der Waals surface area (Å²) in [6.45, 7) is 2.68. The van der Waals surface area contributed by atoms with E-state index < -0.39 is 6.10 Å². The predicted octanol–water partition coefficient (Wildman–Crippen LogP) is 5.62. The van der Waals surface area contributed by atoms with Crippen LogP contribution in [0.25, 0.3) is 0 Å². The molecule has 6 nitrogen and oxygen atoms in total. The first kappa shape index (κ1) is 29.4. The van der Waals surface area contributed by atoms with Crippen LogP contribution in [-0.4, -0.2) is 81.1 Å². The molecule has 1 N–H and O–H groups in total. The van der Waals surface area contributed by atoms with Crippen molar-refractivity contribution in [3.05, 3.63) is 106 Å². The van der Waals surface area contributed by atoms with Crippen molar-refractivity contribution in [1.29, 1.82) is 0 Å². The zero-order valence-electron chi connectivity index (χ0n) is 24.9. The van der Waals surface area contributed by atoms with Crippen molar-refractivity contribution in [2.45, 2.75) is 42.6 Å². The molecular formula is C35H41BrN2O4. The average Bonchev–Trinajstić information content (AvgIpc) is 3.35. The van der Waals surface area contributed by atoms with Crippen molar-refractivity contribution in [1.82, 2.24) is 9.80 Å². The van der Waals surface area contributed by atoms with Crippen LogP contribution in [0.1, 0.15) is 34.8 Å². The standard InChI is InChI=1S/C18H21NO3.C17H20BrNO/c1-19-8-7-18-11-4-5-13(20)17(18)22-16-14(21-2)6-3-10(15(16)18)9-12(11)19;1-19(2)12-13-20-17(14-6-4-3-5-7-14)15-8-10-16(18)11-9-15/h3-6,11-13,17,20H,7-9H2,1-2H3;3-11,17H,12-13H2,1-2H3/t11-,12+,13-,17-,18-;17-/m01/s1. The first-order valence-electron chi connectivity index (χ1n) is 14.8. The van der Waals surface area contributed by atoms with Gasteiger partial charge in [-0.1, -0.05) is 76.6 Å². The molecule has 222 valence electrons. The van der Waals surface area contributed by atoms with Gasteiger partial charge in [-0.05, 0) is 75.4 Å². The van der Waals surface area contributed by atoms with Gasteiger partial charge in [0.15, 0.2) is 11.5 Å². The summed E-state index contributed by atoms with van der Waals surface area (Å²) in [5.74, 6) is 2.09. The molecule has 2 bridgehead atoms. The number of nitrogens with zero attached hydrogens (tertiary/aromatic N) is 2. The van der Waals surface area contributed by atoms with E-state index in [1.807, 2.05) is 18.2 Å². The van der Waals surface area contributed by atoms with E-state index in [2.05, 4.69) is 108 Å². The van der Waals surface area contributed by atoms with Gasteiger partial charge in [0, 0.05) is 34.0 Å². The van der Waals surface area contributed by atoms with E-state index in [0.29, 0.717) is 18.6 Å². The normalized spacial score (nSPS) is 27.5. The lowest BCUT2D eigenvalue weighted by atomic mass is 9.53. The number of hydrogen-bond acceptors (Lipinski definition) is 6. The summed E-state index contributed by atoms with van der Waals surface area (Å²) in [6, 6.07) is 23.4. The third kappa shape index (κ3) is 5.20. The Balaban J connectivity index is 0.000000151. The number of halogens is 1. The molecule has 3 aromatic carbocycles. The Morgan fingerprint density at radius 2 is 1.79 bits per heavy atom. The first-order chi connectivity index (χ1) is 20.3. The number of ether oxygens (including phenoxy) is 3. The van der Waals surface area contributed by atoms with Crippen LogP contribution < -0.4 is 9.47 Å². The van der Waals surface area contributed by atoms with E-state index in [1.54, 1.807) is 7.11 Å². The molecule has 1 spiro atoms. The Bertz CT molecular complexity index is 1410. The molecule has 2 aliphatic heterocycles. The van der Waals surface area contributed by atoms with Gasteiger partial charge in [-0.2, -0.15) is 0 Å². The number of hydrogen-bond donors (Lipinski definition) is 1. The number of rotatable bonds is 7. The summed E-state index contributed by atoms with van der Waals surface area (Å²) in [5, 5.41) is 10.6. The third-order valence-corrected chi connectivity index (χ3v) is 9.98. The lowest BCUT2D eigenvalue weighted by Crippen LogP contribution is -2.64. The number of methoxy groups -OCH3 is 1. The maximum absolute atomic E-state index is 10.6. The average molecular weight is 634 g/mol. The lowest BCUT2D eigenvalue weighted by Gasteiger charge is -2.56. The molecule has 3 aromatic rings. The smallest absolute Gasteiger partial charge is 0.165 e. The van der Waals surface area contributed by atoms with E-state index in [0.717, 1.165) is 41.9 Å². The molecule has 0 amide bonds. The van der Waals surface area contributed by atoms with E-state index >= 15 is 0 Å². The summed E-state index contributed by atoms with van der Waals surface area (Å²) < 4.78 is 19.0. The van der Waals surface area contributed by atoms with Gasteiger partial charge >= 0.3 is 0 Å². The van der Waals surface area contributed by atoms with Crippen LogP contribution in [0.4, 0.5) is 0 Å². The van der Waals surface area contributed by atoms with Crippen LogP contribution in [0, 0.1) is 5.92 Å². The fraction of sp³-hybridized carbons (Fsp3) is 0.429. The second-order valence-electron chi connectivity index (χ2n) is 12.1. The lowest BCUT2D eigenvalue weighted by molar-refractivity contribution is -0.0453. The zero-order valence-corrected chi connectivity index (χ0v) is 26.5. The molecule has 0 aromatic heterocycles. The van der Waals surface area contributed by atoms with Gasteiger partial charge in [0.25, 0.3) is 0 Å². The Kier molecular flexibility index (Phi) is 8.49. The van der Waals surface area contributed by atoms with Gasteiger partial charge in [0.05, 0.1) is 13.7 Å². The molecule has 0 saturated carbocycles. The maximum atomic E-state index is 10.6. The van der Waals surface area contributed by atoms with Gasteiger partial charge < -0.3 is 29.1 Å². The van der Waals surface area contributed by atoms with Gasteiger partial charge in [-0.3, -0.25) is 0 Å². The van der Waals surface area contributed by atoms with Crippen molar-refractivity contribution >= 4 is 15.9 Å². The minimum atomic E-state index is -0.539. The molecule has 4 aliphatic rings. The van der Waals surface area contributed by atoms with Crippen molar-refractivity contribution in [2.75, 3.05) is 47.9 Å². The number of piperidine rings is 1. The number of aliphatic hydroxyl groups excluding tert-OH is 1. The third-order valence-electron chi connectivity index (χ3n) is 9.45. The van der Waals surface area contributed by atoms with Gasteiger partial charge in [-0.15, -0.1) is 0 Å². The van der Waals surface area contributed by atoms with Crippen LogP contribution in [0.2, 0.25) is 0 Å². The summed E-state index contributed by atoms with van der Waals surface area (Å²) in [5.41, 5.74) is 4.97. The van der Waals surface area contributed by atoms with Crippen LogP contribution in [0.5, 0.6) is 11.5 Å². The van der Waals surface area contributed by atoms with Crippen molar-refractivity contribution < 1.29 is 19.3 Å². The molecule has 2 heterocycles. The highest BCUT2D eigenvalue weighted by molar-refractivity contribution is 9.10. The molecule has 7 rings (SSSR count). The summed E-state index contributed by atoms with van der Waals surface area (Å²) in [7, 11) is 8.02. The zero-order chi connectivity index (χ0) is 29.4. The van der Waals surface area contributed by atoms with Crippen LogP contribution in [0.3, 0.4) is 0 Å².